The molecule has 1 aliphatic rings. The van der Waals surface area contributed by atoms with Gasteiger partial charge in [-0.2, -0.15) is 4.99 Å². The number of nitrogens with zero attached hydrogens (tertiary/aromatic N) is 1. The molecular formula is C20H28Cl3N3O3. The van der Waals surface area contributed by atoms with Crippen molar-refractivity contribution in [1.82, 2.24) is 5.32 Å². The number of halogens is 3. The number of hydrogen-bond acceptors (Lipinski definition) is 3. The van der Waals surface area contributed by atoms with Crippen molar-refractivity contribution in [2.24, 2.45) is 28.5 Å². The minimum Gasteiger partial charge on any atom is -0.446 e. The van der Waals surface area contributed by atoms with Gasteiger partial charge in [0.05, 0.1) is 6.42 Å². The van der Waals surface area contributed by atoms with E-state index in [4.69, 9.17) is 33.7 Å². The maximum Gasteiger partial charge on any atom is 0.414 e. The first-order chi connectivity index (χ1) is 13.2. The third kappa shape index (κ3) is 7.68. The van der Waals surface area contributed by atoms with Crippen molar-refractivity contribution in [3.05, 3.63) is 33.8 Å². The average Bonchev–Trinajstić information content (AvgIpc) is 2.57. The predicted molar refractivity (Wildman–Crippen MR) is 119 cm³/mol. The van der Waals surface area contributed by atoms with E-state index in [1.807, 2.05) is 0 Å². The molecule has 0 unspecified atom stereocenters. The highest BCUT2D eigenvalue weighted by atomic mass is 35.5. The summed E-state index contributed by atoms with van der Waals surface area (Å²) in [6.45, 7) is 6.41. The molecule has 3 N–H and O–H groups in total. The molecule has 1 aromatic carbocycles. The lowest BCUT2D eigenvalue weighted by atomic mass is 9.75. The average molecular weight is 465 g/mol. The van der Waals surface area contributed by atoms with Crippen LogP contribution in [0.1, 0.15) is 45.6 Å². The van der Waals surface area contributed by atoms with Crippen molar-refractivity contribution in [3.8, 4) is 0 Å². The molecule has 0 aliphatic heterocycles. The van der Waals surface area contributed by atoms with E-state index in [-0.39, 0.29) is 30.9 Å². The van der Waals surface area contributed by atoms with E-state index in [2.05, 4.69) is 31.1 Å². The van der Waals surface area contributed by atoms with Crippen molar-refractivity contribution in [1.29, 1.82) is 0 Å². The molecule has 3 atom stereocenters. The number of alkyl carbamates (subject to hydrolysis) is 1. The molecule has 0 spiro atoms. The molecule has 0 heterocycles. The Kier molecular flexibility index (Phi) is 10.2. The van der Waals surface area contributed by atoms with E-state index >= 15 is 0 Å². The number of nitrogens with two attached hydrogens (primary N) is 1. The standard InChI is InChI=1S/C20H27Cl2N3O3.ClH/c1-11(2)13-8-7-12(3)9-17(13)28-20(27)25-19(23)24-18(26)10-14-15(21)5-4-6-16(14)22;/h4-6,11-13,17H,7-10H2,1-3H3,(H3,23,24,25,26,27);1H/t12-,13+,17-;/m1./s1. The molecule has 0 bridgehead atoms. The smallest absolute Gasteiger partial charge is 0.414 e. The molecule has 6 nitrogen and oxygen atoms in total. The van der Waals surface area contributed by atoms with Crippen LogP contribution in [0.5, 0.6) is 0 Å². The molecular weight excluding hydrogens is 437 g/mol. The molecule has 0 saturated heterocycles. The number of benzene rings is 1. The van der Waals surface area contributed by atoms with Crippen LogP contribution >= 0.6 is 35.6 Å². The molecule has 0 radical (unpaired) electrons. The normalized spacial score (nSPS) is 22.0. The zero-order chi connectivity index (χ0) is 20.8. The fourth-order valence-corrected chi connectivity index (χ4v) is 4.11. The molecule has 2 rings (SSSR count). The highest BCUT2D eigenvalue weighted by molar-refractivity contribution is 6.36. The van der Waals surface area contributed by atoms with Crippen molar-refractivity contribution in [3.63, 3.8) is 0 Å². The van der Waals surface area contributed by atoms with Crippen LogP contribution in [-0.4, -0.2) is 24.1 Å². The predicted octanol–water partition coefficient (Wildman–Crippen LogP) is 4.99. The zero-order valence-electron chi connectivity index (χ0n) is 16.8. The Morgan fingerprint density at radius 3 is 2.48 bits per heavy atom. The molecule has 1 saturated carbocycles. The first-order valence-electron chi connectivity index (χ1n) is 9.44. The number of rotatable bonds is 4. The van der Waals surface area contributed by atoms with Crippen LogP contribution in [0.15, 0.2) is 23.2 Å². The van der Waals surface area contributed by atoms with E-state index < -0.39 is 12.0 Å². The molecule has 0 aromatic heterocycles. The first kappa shape index (κ1) is 25.5. The molecule has 1 fully saturated rings. The molecule has 2 amide bonds. The van der Waals surface area contributed by atoms with Gasteiger partial charge in [-0.25, -0.2) is 4.79 Å². The Morgan fingerprint density at radius 1 is 1.28 bits per heavy atom. The maximum atomic E-state index is 12.2. The summed E-state index contributed by atoms with van der Waals surface area (Å²) in [7, 11) is 0. The topological polar surface area (TPSA) is 93.8 Å². The second-order valence-electron chi connectivity index (χ2n) is 7.66. The van der Waals surface area contributed by atoms with E-state index in [1.54, 1.807) is 18.2 Å². The number of hydrogen-bond donors (Lipinski definition) is 2. The second-order valence-corrected chi connectivity index (χ2v) is 8.48. The van der Waals surface area contributed by atoms with Gasteiger partial charge in [-0.15, -0.1) is 12.4 Å². The fraction of sp³-hybridized carbons (Fsp3) is 0.550. The number of nitrogens with one attached hydrogen (secondary N) is 1. The second kappa shape index (κ2) is 11.6. The lowest BCUT2D eigenvalue weighted by molar-refractivity contribution is -0.117. The Hall–Kier alpha value is -1.50. The Morgan fingerprint density at radius 2 is 1.90 bits per heavy atom. The summed E-state index contributed by atoms with van der Waals surface area (Å²) in [6, 6.07) is 4.95. The summed E-state index contributed by atoms with van der Waals surface area (Å²) in [4.78, 5) is 28.0. The number of aliphatic imine (C=N–C) groups is 1. The summed E-state index contributed by atoms with van der Waals surface area (Å²) in [5.74, 6) is 0.338. The number of guanidine groups is 1. The van der Waals surface area contributed by atoms with Gasteiger partial charge in [-0.1, -0.05) is 56.5 Å². The van der Waals surface area contributed by atoms with Crippen molar-refractivity contribution in [2.45, 2.75) is 52.6 Å². The summed E-state index contributed by atoms with van der Waals surface area (Å²) in [6.07, 6.45) is 1.98. The summed E-state index contributed by atoms with van der Waals surface area (Å²) < 4.78 is 5.58. The van der Waals surface area contributed by atoms with Gasteiger partial charge in [-0.05, 0) is 48.3 Å². The number of carbonyl (C=O) groups excluding carboxylic acids is 2. The SMILES string of the molecule is CC(C)[C@@H]1CC[C@@H](C)C[C@H]1OC(=O)NC(N)=NC(=O)Cc1c(Cl)cccc1Cl.Cl. The van der Waals surface area contributed by atoms with Gasteiger partial charge in [-0.3, -0.25) is 10.1 Å². The highest BCUT2D eigenvalue weighted by Gasteiger charge is 2.33. The summed E-state index contributed by atoms with van der Waals surface area (Å²) in [5, 5.41) is 3.06. The first-order valence-corrected chi connectivity index (χ1v) is 10.2. The molecule has 9 heteroatoms. The molecule has 162 valence electrons. The largest absolute Gasteiger partial charge is 0.446 e. The van der Waals surface area contributed by atoms with Gasteiger partial charge >= 0.3 is 6.09 Å². The summed E-state index contributed by atoms with van der Waals surface area (Å²) in [5.41, 5.74) is 6.15. The van der Waals surface area contributed by atoms with Gasteiger partial charge < -0.3 is 10.5 Å². The van der Waals surface area contributed by atoms with Crippen molar-refractivity contribution >= 4 is 53.6 Å². The van der Waals surface area contributed by atoms with Crippen LogP contribution in [0.3, 0.4) is 0 Å². The minimum atomic E-state index is -0.699. The van der Waals surface area contributed by atoms with Gasteiger partial charge in [0.15, 0.2) is 0 Å². The Labute approximate surface area is 188 Å². The van der Waals surface area contributed by atoms with Crippen molar-refractivity contribution < 1.29 is 14.3 Å². The third-order valence-corrected chi connectivity index (χ3v) is 5.79. The van der Waals surface area contributed by atoms with Gasteiger partial charge in [0.25, 0.3) is 5.91 Å². The van der Waals surface area contributed by atoms with Crippen LogP contribution in [0.25, 0.3) is 0 Å². The van der Waals surface area contributed by atoms with Gasteiger partial charge in [0.2, 0.25) is 5.96 Å². The highest BCUT2D eigenvalue weighted by Crippen LogP contribution is 2.35. The third-order valence-electron chi connectivity index (χ3n) is 5.08. The maximum absolute atomic E-state index is 12.2. The zero-order valence-corrected chi connectivity index (χ0v) is 19.1. The van der Waals surface area contributed by atoms with Crippen LogP contribution in [0.4, 0.5) is 4.79 Å². The quantitative estimate of drug-likeness (QED) is 0.485. The lowest BCUT2D eigenvalue weighted by Gasteiger charge is -2.36. The minimum absolute atomic E-state index is 0. The summed E-state index contributed by atoms with van der Waals surface area (Å²) >= 11 is 12.1. The van der Waals surface area contributed by atoms with Crippen LogP contribution in [0, 0.1) is 17.8 Å². The van der Waals surface area contributed by atoms with E-state index in [1.165, 1.54) is 0 Å². The lowest BCUT2D eigenvalue weighted by Crippen LogP contribution is -2.43. The van der Waals surface area contributed by atoms with Gasteiger partial charge in [0, 0.05) is 10.0 Å². The number of ether oxygens (including phenoxy) is 1. The van der Waals surface area contributed by atoms with Crippen LogP contribution < -0.4 is 11.1 Å². The van der Waals surface area contributed by atoms with Crippen LogP contribution in [-0.2, 0) is 16.0 Å². The van der Waals surface area contributed by atoms with Crippen molar-refractivity contribution in [2.75, 3.05) is 0 Å². The number of amides is 2. The van der Waals surface area contributed by atoms with Gasteiger partial charge in [0.1, 0.15) is 6.10 Å². The van der Waals surface area contributed by atoms with E-state index in [0.29, 0.717) is 33.4 Å². The van der Waals surface area contributed by atoms with E-state index in [0.717, 1.165) is 19.3 Å². The molecule has 29 heavy (non-hydrogen) atoms. The number of carbonyl (C=O) groups is 2. The fourth-order valence-electron chi connectivity index (χ4n) is 3.58. The van der Waals surface area contributed by atoms with E-state index in [9.17, 15) is 9.59 Å². The molecule has 1 aromatic rings. The van der Waals surface area contributed by atoms with Crippen LogP contribution in [0.2, 0.25) is 10.0 Å². The Balaban J connectivity index is 0.00000420. The molecule has 1 aliphatic carbocycles. The Bertz CT molecular complexity index is 735. The monoisotopic (exact) mass is 463 g/mol.